The van der Waals surface area contributed by atoms with Crippen LogP contribution in [-0.2, 0) is 16.4 Å². The molecule has 1 unspecified atom stereocenters. The molecule has 6 nitrogen and oxygen atoms in total. The highest BCUT2D eigenvalue weighted by molar-refractivity contribution is 14.0. The van der Waals surface area contributed by atoms with Crippen LogP contribution in [0.2, 0.25) is 0 Å². The Morgan fingerprint density at radius 2 is 2.08 bits per heavy atom. The summed E-state index contributed by atoms with van der Waals surface area (Å²) in [6, 6.07) is 7.67. The van der Waals surface area contributed by atoms with E-state index >= 15 is 0 Å². The van der Waals surface area contributed by atoms with Crippen molar-refractivity contribution in [2.24, 2.45) is 16.6 Å². The minimum absolute atomic E-state index is 0. The van der Waals surface area contributed by atoms with E-state index in [-0.39, 0.29) is 36.3 Å². The van der Waals surface area contributed by atoms with Crippen LogP contribution >= 0.6 is 24.0 Å². The third-order valence-electron chi connectivity index (χ3n) is 4.78. The number of aliphatic imine (C=N–C) groups is 1. The van der Waals surface area contributed by atoms with Crippen LogP contribution in [0.1, 0.15) is 25.3 Å². The monoisotopic (exact) mass is 478 g/mol. The van der Waals surface area contributed by atoms with E-state index in [0.29, 0.717) is 18.4 Å². The van der Waals surface area contributed by atoms with Crippen LogP contribution in [0.15, 0.2) is 29.3 Å². The Balaban J connectivity index is 0.00000225. The molecule has 1 fully saturated rings. The molecule has 2 heterocycles. The standard InChI is InChI=1S/C17H26N4O2S.HI/c1-14-5-4-10-20(13-14)17(18)19-9-12-24(22,23)21-11-8-15-6-2-3-7-16(15)21;/h2-3,6-7,14H,4-5,8-13H2,1H3,(H2,18,19);1H. The molecule has 1 aromatic rings. The molecule has 0 amide bonds. The van der Waals surface area contributed by atoms with E-state index in [1.807, 2.05) is 24.3 Å². The molecular weight excluding hydrogens is 451 g/mol. The Morgan fingerprint density at radius 1 is 1.32 bits per heavy atom. The van der Waals surface area contributed by atoms with Crippen molar-refractivity contribution in [1.82, 2.24) is 4.90 Å². The van der Waals surface area contributed by atoms with Gasteiger partial charge in [0.15, 0.2) is 5.96 Å². The summed E-state index contributed by atoms with van der Waals surface area (Å²) in [7, 11) is -3.36. The molecule has 0 bridgehead atoms. The van der Waals surface area contributed by atoms with Crippen molar-refractivity contribution in [3.63, 3.8) is 0 Å². The van der Waals surface area contributed by atoms with Gasteiger partial charge in [-0.2, -0.15) is 0 Å². The number of nitrogens with two attached hydrogens (primary N) is 1. The first kappa shape index (κ1) is 20.3. The quantitative estimate of drug-likeness (QED) is 0.408. The predicted octanol–water partition coefficient (Wildman–Crippen LogP) is 2.04. The van der Waals surface area contributed by atoms with Crippen molar-refractivity contribution in [2.75, 3.05) is 36.2 Å². The molecule has 1 aromatic carbocycles. The highest BCUT2D eigenvalue weighted by Crippen LogP contribution is 2.29. The zero-order valence-corrected chi connectivity index (χ0v) is 17.7. The van der Waals surface area contributed by atoms with Gasteiger partial charge in [0, 0.05) is 19.6 Å². The minimum atomic E-state index is -3.36. The maximum Gasteiger partial charge on any atom is 0.237 e. The lowest BCUT2D eigenvalue weighted by atomic mass is 10.0. The van der Waals surface area contributed by atoms with Crippen LogP contribution in [0.4, 0.5) is 5.69 Å². The van der Waals surface area contributed by atoms with Gasteiger partial charge in [-0.05, 0) is 36.8 Å². The third kappa shape index (κ3) is 4.78. The SMILES string of the molecule is CC1CCCN(C(N)=NCCS(=O)(=O)N2CCc3ccccc32)C1.I. The van der Waals surface area contributed by atoms with Crippen LogP contribution in [-0.4, -0.2) is 51.2 Å². The van der Waals surface area contributed by atoms with Gasteiger partial charge in [-0.15, -0.1) is 24.0 Å². The Hall–Kier alpha value is -1.03. The number of nitrogens with zero attached hydrogens (tertiary/aromatic N) is 3. The first-order chi connectivity index (χ1) is 11.5. The molecule has 0 saturated carbocycles. The van der Waals surface area contributed by atoms with Gasteiger partial charge >= 0.3 is 0 Å². The minimum Gasteiger partial charge on any atom is -0.370 e. The molecule has 1 saturated heterocycles. The van der Waals surface area contributed by atoms with Crippen molar-refractivity contribution in [2.45, 2.75) is 26.2 Å². The number of fused-ring (bicyclic) bond motifs is 1. The number of hydrogen-bond acceptors (Lipinski definition) is 3. The highest BCUT2D eigenvalue weighted by atomic mass is 127. The van der Waals surface area contributed by atoms with Gasteiger partial charge in [0.1, 0.15) is 0 Å². The summed E-state index contributed by atoms with van der Waals surface area (Å²) in [5, 5.41) is 0. The molecule has 2 N–H and O–H groups in total. The summed E-state index contributed by atoms with van der Waals surface area (Å²) in [5.74, 6) is 1.07. The summed E-state index contributed by atoms with van der Waals surface area (Å²) in [6.45, 7) is 4.74. The van der Waals surface area contributed by atoms with E-state index in [1.165, 1.54) is 10.7 Å². The molecule has 0 aromatic heterocycles. The number of rotatable bonds is 4. The molecule has 3 rings (SSSR count). The Morgan fingerprint density at radius 3 is 2.84 bits per heavy atom. The lowest BCUT2D eigenvalue weighted by Crippen LogP contribution is -2.43. The summed E-state index contributed by atoms with van der Waals surface area (Å²) in [6.07, 6.45) is 3.10. The molecule has 0 spiro atoms. The van der Waals surface area contributed by atoms with Gasteiger partial charge in [-0.3, -0.25) is 9.30 Å². The average molecular weight is 478 g/mol. The molecule has 2 aliphatic heterocycles. The van der Waals surface area contributed by atoms with Crippen LogP contribution in [0, 0.1) is 5.92 Å². The fourth-order valence-corrected chi connectivity index (χ4v) is 4.87. The van der Waals surface area contributed by atoms with E-state index in [9.17, 15) is 8.42 Å². The normalized spacial score (nSPS) is 21.0. The first-order valence-electron chi connectivity index (χ1n) is 8.60. The zero-order valence-electron chi connectivity index (χ0n) is 14.6. The number of anilines is 1. The number of likely N-dealkylation sites (tertiary alicyclic amines) is 1. The van der Waals surface area contributed by atoms with Crippen molar-refractivity contribution in [3.05, 3.63) is 29.8 Å². The number of benzene rings is 1. The summed E-state index contributed by atoms with van der Waals surface area (Å²) in [4.78, 5) is 6.37. The predicted molar refractivity (Wildman–Crippen MR) is 113 cm³/mol. The average Bonchev–Trinajstić information content (AvgIpc) is 2.99. The highest BCUT2D eigenvalue weighted by Gasteiger charge is 2.28. The van der Waals surface area contributed by atoms with Crippen LogP contribution in [0.5, 0.6) is 0 Å². The first-order valence-corrected chi connectivity index (χ1v) is 10.2. The van der Waals surface area contributed by atoms with E-state index in [4.69, 9.17) is 5.73 Å². The van der Waals surface area contributed by atoms with E-state index < -0.39 is 10.0 Å². The fraction of sp³-hybridized carbons (Fsp3) is 0.588. The number of hydrogen-bond donors (Lipinski definition) is 1. The Kier molecular flexibility index (Phi) is 6.95. The topological polar surface area (TPSA) is 79.0 Å². The fourth-order valence-electron chi connectivity index (χ4n) is 3.48. The molecule has 8 heteroatoms. The van der Waals surface area contributed by atoms with E-state index in [2.05, 4.69) is 16.8 Å². The van der Waals surface area contributed by atoms with Gasteiger partial charge in [0.05, 0.1) is 18.0 Å². The number of halogens is 1. The number of para-hydroxylation sites is 1. The van der Waals surface area contributed by atoms with Crippen LogP contribution < -0.4 is 10.0 Å². The molecule has 25 heavy (non-hydrogen) atoms. The van der Waals surface area contributed by atoms with Crippen LogP contribution in [0.25, 0.3) is 0 Å². The Bertz CT molecular complexity index is 723. The van der Waals surface area contributed by atoms with E-state index in [1.54, 1.807) is 0 Å². The molecule has 2 aliphatic rings. The van der Waals surface area contributed by atoms with Crippen molar-refractivity contribution in [1.29, 1.82) is 0 Å². The largest absolute Gasteiger partial charge is 0.370 e. The molecule has 0 radical (unpaired) electrons. The van der Waals surface area contributed by atoms with E-state index in [0.717, 1.165) is 37.2 Å². The zero-order chi connectivity index (χ0) is 17.2. The second-order valence-corrected chi connectivity index (χ2v) is 8.71. The van der Waals surface area contributed by atoms with Gasteiger partial charge in [-0.1, -0.05) is 25.1 Å². The Labute approximate surface area is 167 Å². The third-order valence-corrected chi connectivity index (χ3v) is 6.53. The van der Waals surface area contributed by atoms with Gasteiger partial charge in [-0.25, -0.2) is 8.42 Å². The molecule has 0 aliphatic carbocycles. The number of piperidine rings is 1. The summed E-state index contributed by atoms with van der Waals surface area (Å²) < 4.78 is 26.7. The maximum absolute atomic E-state index is 12.6. The second kappa shape index (κ2) is 8.57. The lowest BCUT2D eigenvalue weighted by Gasteiger charge is -2.31. The lowest BCUT2D eigenvalue weighted by molar-refractivity contribution is 0.270. The second-order valence-electron chi connectivity index (χ2n) is 6.70. The van der Waals surface area contributed by atoms with Crippen molar-refractivity contribution >= 4 is 45.6 Å². The summed E-state index contributed by atoms with van der Waals surface area (Å²) in [5.41, 5.74) is 7.93. The van der Waals surface area contributed by atoms with Gasteiger partial charge in [0.2, 0.25) is 10.0 Å². The number of sulfonamides is 1. The maximum atomic E-state index is 12.6. The van der Waals surface area contributed by atoms with Gasteiger partial charge in [0.25, 0.3) is 0 Å². The summed E-state index contributed by atoms with van der Waals surface area (Å²) >= 11 is 0. The van der Waals surface area contributed by atoms with Crippen molar-refractivity contribution < 1.29 is 8.42 Å². The molecular formula is C17H27IN4O2S. The number of guanidine groups is 1. The van der Waals surface area contributed by atoms with Gasteiger partial charge < -0.3 is 10.6 Å². The molecule has 140 valence electrons. The smallest absolute Gasteiger partial charge is 0.237 e. The van der Waals surface area contributed by atoms with Crippen molar-refractivity contribution in [3.8, 4) is 0 Å². The van der Waals surface area contributed by atoms with Crippen LogP contribution in [0.3, 0.4) is 0 Å². The molecule has 1 atom stereocenters.